The molecule has 0 saturated heterocycles. The van der Waals surface area contributed by atoms with Crippen molar-refractivity contribution in [2.24, 2.45) is 5.41 Å². The van der Waals surface area contributed by atoms with E-state index in [9.17, 15) is 4.79 Å². The van der Waals surface area contributed by atoms with E-state index in [-0.39, 0.29) is 5.91 Å². The summed E-state index contributed by atoms with van der Waals surface area (Å²) in [6, 6.07) is 15.8. The maximum absolute atomic E-state index is 12.7. The molecule has 0 spiro atoms. The molecule has 0 fully saturated rings. The van der Waals surface area contributed by atoms with Crippen LogP contribution in [0.2, 0.25) is 0 Å². The standard InChI is InChI=1S/C24H33NO3/c1-5-6-10-19-13-15-20(16-14-19)28-18-9-17-24(2,3)23(26)25-21-11-7-8-12-22(21)27-4/h7-8,11-16H,5-6,9-10,17-18H2,1-4H3,(H,25,26). The maximum Gasteiger partial charge on any atom is 0.230 e. The molecule has 0 heterocycles. The number of hydrogen-bond donors (Lipinski definition) is 1. The second-order valence-corrected chi connectivity index (χ2v) is 7.74. The number of anilines is 1. The largest absolute Gasteiger partial charge is 0.495 e. The smallest absolute Gasteiger partial charge is 0.230 e. The number of carbonyl (C=O) groups is 1. The Labute approximate surface area is 169 Å². The Morgan fingerprint density at radius 1 is 1.04 bits per heavy atom. The zero-order valence-corrected chi connectivity index (χ0v) is 17.6. The summed E-state index contributed by atoms with van der Waals surface area (Å²) in [5.74, 6) is 1.53. The summed E-state index contributed by atoms with van der Waals surface area (Å²) < 4.78 is 11.1. The van der Waals surface area contributed by atoms with Gasteiger partial charge in [-0.15, -0.1) is 0 Å². The van der Waals surface area contributed by atoms with Crippen LogP contribution in [-0.4, -0.2) is 19.6 Å². The van der Waals surface area contributed by atoms with Gasteiger partial charge < -0.3 is 14.8 Å². The Hall–Kier alpha value is -2.49. The predicted molar refractivity (Wildman–Crippen MR) is 115 cm³/mol. The van der Waals surface area contributed by atoms with Gasteiger partial charge in [0.2, 0.25) is 5.91 Å². The van der Waals surface area contributed by atoms with Crippen molar-refractivity contribution in [1.82, 2.24) is 0 Å². The normalized spacial score (nSPS) is 11.1. The zero-order chi connectivity index (χ0) is 20.4. The monoisotopic (exact) mass is 383 g/mol. The van der Waals surface area contributed by atoms with Gasteiger partial charge in [0.1, 0.15) is 11.5 Å². The molecule has 2 aromatic carbocycles. The Morgan fingerprint density at radius 3 is 2.43 bits per heavy atom. The molecule has 4 nitrogen and oxygen atoms in total. The van der Waals surface area contributed by atoms with Crippen LogP contribution in [0.5, 0.6) is 11.5 Å². The van der Waals surface area contributed by atoms with Crippen LogP contribution in [0.25, 0.3) is 0 Å². The molecule has 0 aromatic heterocycles. The second-order valence-electron chi connectivity index (χ2n) is 7.74. The summed E-state index contributed by atoms with van der Waals surface area (Å²) in [6.07, 6.45) is 5.09. The Morgan fingerprint density at radius 2 is 1.75 bits per heavy atom. The van der Waals surface area contributed by atoms with Crippen molar-refractivity contribution in [2.75, 3.05) is 19.0 Å². The van der Waals surface area contributed by atoms with E-state index < -0.39 is 5.41 Å². The van der Waals surface area contributed by atoms with Crippen molar-refractivity contribution in [1.29, 1.82) is 0 Å². The minimum absolute atomic E-state index is 0.0164. The van der Waals surface area contributed by atoms with E-state index >= 15 is 0 Å². The number of methoxy groups -OCH3 is 1. The van der Waals surface area contributed by atoms with Gasteiger partial charge in [0.05, 0.1) is 19.4 Å². The van der Waals surface area contributed by atoms with Gasteiger partial charge in [-0.1, -0.05) is 51.5 Å². The van der Waals surface area contributed by atoms with Crippen molar-refractivity contribution in [3.05, 3.63) is 54.1 Å². The average molecular weight is 384 g/mol. The van der Waals surface area contributed by atoms with Crippen LogP contribution in [0.3, 0.4) is 0 Å². The third kappa shape index (κ3) is 6.59. The lowest BCUT2D eigenvalue weighted by molar-refractivity contribution is -0.124. The molecule has 28 heavy (non-hydrogen) atoms. The van der Waals surface area contributed by atoms with Crippen LogP contribution >= 0.6 is 0 Å². The first-order valence-electron chi connectivity index (χ1n) is 10.1. The molecule has 0 bridgehead atoms. The van der Waals surface area contributed by atoms with Crippen LogP contribution in [-0.2, 0) is 11.2 Å². The van der Waals surface area contributed by atoms with Gasteiger partial charge in [-0.3, -0.25) is 4.79 Å². The number of rotatable bonds is 11. The number of carbonyl (C=O) groups excluding carboxylic acids is 1. The highest BCUT2D eigenvalue weighted by molar-refractivity contribution is 5.96. The van der Waals surface area contributed by atoms with E-state index in [1.807, 2.05) is 50.2 Å². The molecule has 0 atom stereocenters. The molecule has 2 rings (SSSR count). The minimum atomic E-state index is -0.492. The maximum atomic E-state index is 12.7. The Balaban J connectivity index is 1.78. The summed E-state index contributed by atoms with van der Waals surface area (Å²) in [4.78, 5) is 12.7. The van der Waals surface area contributed by atoms with E-state index in [2.05, 4.69) is 24.4 Å². The lowest BCUT2D eigenvalue weighted by Crippen LogP contribution is -2.31. The number of nitrogens with one attached hydrogen (secondary N) is 1. The van der Waals surface area contributed by atoms with Crippen LogP contribution in [0, 0.1) is 5.41 Å². The highest BCUT2D eigenvalue weighted by Gasteiger charge is 2.27. The summed E-state index contributed by atoms with van der Waals surface area (Å²) in [6.45, 7) is 6.72. The third-order valence-electron chi connectivity index (χ3n) is 4.93. The number of amides is 1. The molecule has 2 aromatic rings. The first-order chi connectivity index (χ1) is 13.5. The van der Waals surface area contributed by atoms with Crippen molar-refractivity contribution in [2.45, 2.75) is 52.9 Å². The number of hydrogen-bond acceptors (Lipinski definition) is 3. The number of benzene rings is 2. The van der Waals surface area contributed by atoms with Gasteiger partial charge in [-0.25, -0.2) is 0 Å². The summed E-state index contributed by atoms with van der Waals surface area (Å²) >= 11 is 0. The highest BCUT2D eigenvalue weighted by atomic mass is 16.5. The van der Waals surface area contributed by atoms with Crippen molar-refractivity contribution in [3.8, 4) is 11.5 Å². The molecular weight excluding hydrogens is 350 g/mol. The van der Waals surface area contributed by atoms with Crippen molar-refractivity contribution in [3.63, 3.8) is 0 Å². The fourth-order valence-electron chi connectivity index (χ4n) is 2.99. The fourth-order valence-corrected chi connectivity index (χ4v) is 2.99. The number of unbranched alkanes of at least 4 members (excludes halogenated alkanes) is 1. The van der Waals surface area contributed by atoms with Gasteiger partial charge in [0.15, 0.2) is 0 Å². The number of ether oxygens (including phenoxy) is 2. The summed E-state index contributed by atoms with van der Waals surface area (Å²) in [7, 11) is 1.60. The van der Waals surface area contributed by atoms with Crippen LogP contribution in [0.1, 0.15) is 52.0 Å². The predicted octanol–water partition coefficient (Wildman–Crippen LogP) is 5.86. The second kappa shape index (κ2) is 10.7. The van der Waals surface area contributed by atoms with Crippen LogP contribution in [0.4, 0.5) is 5.69 Å². The summed E-state index contributed by atoms with van der Waals surface area (Å²) in [5, 5.41) is 2.98. The fraction of sp³-hybridized carbons (Fsp3) is 0.458. The molecule has 0 saturated carbocycles. The van der Waals surface area contributed by atoms with E-state index in [4.69, 9.17) is 9.47 Å². The first kappa shape index (κ1) is 21.8. The van der Waals surface area contributed by atoms with Crippen molar-refractivity contribution >= 4 is 11.6 Å². The Kier molecular flexibility index (Phi) is 8.37. The molecule has 0 aliphatic rings. The van der Waals surface area contributed by atoms with E-state index in [1.54, 1.807) is 7.11 Å². The molecule has 0 radical (unpaired) electrons. The molecule has 0 unspecified atom stereocenters. The van der Waals surface area contributed by atoms with Gasteiger partial charge in [0.25, 0.3) is 0 Å². The molecule has 0 aliphatic heterocycles. The van der Waals surface area contributed by atoms with Gasteiger partial charge >= 0.3 is 0 Å². The van der Waals surface area contributed by atoms with E-state index in [0.29, 0.717) is 18.0 Å². The number of para-hydroxylation sites is 2. The molecule has 0 aliphatic carbocycles. The third-order valence-corrected chi connectivity index (χ3v) is 4.93. The van der Waals surface area contributed by atoms with Gasteiger partial charge in [-0.2, -0.15) is 0 Å². The molecule has 152 valence electrons. The molecule has 4 heteroatoms. The van der Waals surface area contributed by atoms with Crippen molar-refractivity contribution < 1.29 is 14.3 Å². The van der Waals surface area contributed by atoms with E-state index in [1.165, 1.54) is 18.4 Å². The van der Waals surface area contributed by atoms with E-state index in [0.717, 1.165) is 25.0 Å². The van der Waals surface area contributed by atoms with Crippen LogP contribution < -0.4 is 14.8 Å². The lowest BCUT2D eigenvalue weighted by Gasteiger charge is -2.24. The van der Waals surface area contributed by atoms with Gasteiger partial charge in [0, 0.05) is 5.41 Å². The molecule has 1 amide bonds. The molecular formula is C24H33NO3. The summed E-state index contributed by atoms with van der Waals surface area (Å²) in [5.41, 5.74) is 1.56. The zero-order valence-electron chi connectivity index (χ0n) is 17.6. The Bertz CT molecular complexity index is 738. The lowest BCUT2D eigenvalue weighted by atomic mass is 9.87. The first-order valence-corrected chi connectivity index (χ1v) is 10.1. The number of aryl methyl sites for hydroxylation is 1. The van der Waals surface area contributed by atoms with Gasteiger partial charge in [-0.05, 0) is 55.5 Å². The quantitative estimate of drug-likeness (QED) is 0.494. The molecule has 1 N–H and O–H groups in total. The minimum Gasteiger partial charge on any atom is -0.495 e. The topological polar surface area (TPSA) is 47.6 Å². The highest BCUT2D eigenvalue weighted by Crippen LogP contribution is 2.28. The average Bonchev–Trinajstić information content (AvgIpc) is 2.71. The SMILES string of the molecule is CCCCc1ccc(OCCCC(C)(C)C(=O)Nc2ccccc2OC)cc1. The van der Waals surface area contributed by atoms with Crippen LogP contribution in [0.15, 0.2) is 48.5 Å².